The van der Waals surface area contributed by atoms with Crippen molar-refractivity contribution in [3.8, 4) is 11.3 Å². The van der Waals surface area contributed by atoms with Crippen molar-refractivity contribution in [1.29, 1.82) is 0 Å². The van der Waals surface area contributed by atoms with Gasteiger partial charge >= 0.3 is 0 Å². The first-order chi connectivity index (χ1) is 14.5. The first kappa shape index (κ1) is 19.8. The Morgan fingerprint density at radius 2 is 1.90 bits per heavy atom. The molecule has 1 saturated heterocycles. The number of aryl methyl sites for hydroxylation is 1. The summed E-state index contributed by atoms with van der Waals surface area (Å²) in [6.45, 7) is 4.05. The summed E-state index contributed by atoms with van der Waals surface area (Å²) in [5, 5.41) is 5.31. The number of aromatic nitrogens is 2. The summed E-state index contributed by atoms with van der Waals surface area (Å²) in [6, 6.07) is 16.1. The molecule has 2 amide bonds. The van der Waals surface area contributed by atoms with Crippen molar-refractivity contribution in [1.82, 2.24) is 15.3 Å². The molecule has 3 aromatic rings. The number of amides is 2. The Kier molecular flexibility index (Phi) is 5.63. The van der Waals surface area contributed by atoms with E-state index < -0.39 is 0 Å². The van der Waals surface area contributed by atoms with E-state index in [0.29, 0.717) is 10.7 Å². The molecule has 2 aromatic carbocycles. The molecule has 7 heteroatoms. The van der Waals surface area contributed by atoms with E-state index in [1.54, 1.807) is 18.5 Å². The molecule has 150 valence electrons. The Balaban J connectivity index is 1.61. The molecule has 0 bridgehead atoms. The van der Waals surface area contributed by atoms with Crippen molar-refractivity contribution in [2.75, 3.05) is 5.32 Å². The number of imide groups is 1. The maximum atomic E-state index is 11.8. The third-order valence-corrected chi connectivity index (χ3v) is 5.44. The lowest BCUT2D eigenvalue weighted by Gasteiger charge is -2.15. The summed E-state index contributed by atoms with van der Waals surface area (Å²) in [5.41, 5.74) is 4.63. The van der Waals surface area contributed by atoms with Crippen molar-refractivity contribution < 1.29 is 9.59 Å². The first-order valence-corrected chi connectivity index (χ1v) is 10.3. The Bertz CT molecular complexity index is 1140. The van der Waals surface area contributed by atoms with Crippen LogP contribution in [0.15, 0.2) is 65.8 Å². The zero-order valence-corrected chi connectivity index (χ0v) is 17.4. The van der Waals surface area contributed by atoms with Crippen LogP contribution >= 0.6 is 11.8 Å². The smallest absolute Gasteiger partial charge is 0.290 e. The highest BCUT2D eigenvalue weighted by atomic mass is 32.2. The highest BCUT2D eigenvalue weighted by molar-refractivity contribution is 8.18. The first-order valence-electron chi connectivity index (χ1n) is 9.48. The van der Waals surface area contributed by atoms with E-state index in [-0.39, 0.29) is 17.2 Å². The summed E-state index contributed by atoms with van der Waals surface area (Å²) < 4.78 is 0. The molecule has 4 rings (SSSR count). The molecule has 1 fully saturated rings. The molecule has 6 nitrogen and oxygen atoms in total. The third kappa shape index (κ3) is 4.58. The van der Waals surface area contributed by atoms with Gasteiger partial charge in [-0.05, 0) is 60.5 Å². The molecule has 1 aromatic heterocycles. The molecule has 1 aliphatic rings. The fourth-order valence-corrected chi connectivity index (χ4v) is 3.92. The monoisotopic (exact) mass is 416 g/mol. The lowest BCUT2D eigenvalue weighted by Crippen LogP contribution is -2.17. The van der Waals surface area contributed by atoms with Crippen LogP contribution in [0.1, 0.15) is 29.7 Å². The number of anilines is 1. The fraction of sp³-hybridized carbons (Fsp3) is 0.130. The second-order valence-corrected chi connectivity index (χ2v) is 8.07. The predicted octanol–water partition coefficient (Wildman–Crippen LogP) is 4.95. The summed E-state index contributed by atoms with van der Waals surface area (Å²) in [6.07, 6.45) is 5.13. The molecule has 0 aliphatic carbocycles. The van der Waals surface area contributed by atoms with Crippen molar-refractivity contribution >= 4 is 34.8 Å². The number of hydrogen-bond acceptors (Lipinski definition) is 6. The van der Waals surface area contributed by atoms with Crippen LogP contribution in [0.3, 0.4) is 0 Å². The summed E-state index contributed by atoms with van der Waals surface area (Å²) in [5.74, 6) is 0.315. The number of thioether (sulfide) groups is 1. The molecule has 1 aliphatic heterocycles. The molecule has 1 atom stereocenters. The normalized spacial score (nSPS) is 15.9. The average Bonchev–Trinajstić information content (AvgIpc) is 3.05. The highest BCUT2D eigenvalue weighted by Crippen LogP contribution is 2.28. The Morgan fingerprint density at radius 1 is 1.10 bits per heavy atom. The average molecular weight is 417 g/mol. The van der Waals surface area contributed by atoms with E-state index in [0.717, 1.165) is 39.7 Å². The van der Waals surface area contributed by atoms with Crippen molar-refractivity contribution in [3.63, 3.8) is 0 Å². The van der Waals surface area contributed by atoms with E-state index >= 15 is 0 Å². The molecule has 30 heavy (non-hydrogen) atoms. The van der Waals surface area contributed by atoms with Gasteiger partial charge in [0.1, 0.15) is 5.82 Å². The largest absolute Gasteiger partial charge is 0.362 e. The number of nitrogens with zero attached hydrogens (tertiary/aromatic N) is 2. The molecule has 2 heterocycles. The Hall–Kier alpha value is -3.45. The Labute approximate surface area is 178 Å². The van der Waals surface area contributed by atoms with Gasteiger partial charge in [-0.25, -0.2) is 4.98 Å². The fourth-order valence-electron chi connectivity index (χ4n) is 3.24. The highest BCUT2D eigenvalue weighted by Gasteiger charge is 2.25. The van der Waals surface area contributed by atoms with Gasteiger partial charge in [0.2, 0.25) is 0 Å². The van der Waals surface area contributed by atoms with Crippen molar-refractivity contribution in [3.05, 3.63) is 82.5 Å². The number of hydrogen-bond donors (Lipinski definition) is 2. The number of carbonyl (C=O) groups is 2. The molecule has 0 spiro atoms. The van der Waals surface area contributed by atoms with E-state index in [1.165, 1.54) is 0 Å². The molecule has 1 unspecified atom stereocenters. The molecule has 2 N–H and O–H groups in total. The zero-order chi connectivity index (χ0) is 21.1. The van der Waals surface area contributed by atoms with Gasteiger partial charge in [0, 0.05) is 11.6 Å². The van der Waals surface area contributed by atoms with Crippen LogP contribution in [0.2, 0.25) is 0 Å². The standard InChI is InChI=1S/C23H20N4O2S/c1-14-8-16(11-20-22(28)27-23(29)30-20)10-18(9-14)19-12-24-13-21(26-19)25-15(2)17-6-4-3-5-7-17/h3-13,15H,1-2H3,(H,25,26)(H,27,28,29). The van der Waals surface area contributed by atoms with E-state index in [2.05, 4.69) is 34.7 Å². The zero-order valence-electron chi connectivity index (χ0n) is 16.5. The van der Waals surface area contributed by atoms with Gasteiger partial charge in [0.15, 0.2) is 0 Å². The Morgan fingerprint density at radius 3 is 2.63 bits per heavy atom. The molecule has 0 saturated carbocycles. The second kappa shape index (κ2) is 8.51. The van der Waals surface area contributed by atoms with Crippen LogP contribution in [-0.2, 0) is 4.79 Å². The number of nitrogens with one attached hydrogen (secondary N) is 2. The minimum Gasteiger partial charge on any atom is -0.362 e. The summed E-state index contributed by atoms with van der Waals surface area (Å²) in [7, 11) is 0. The molecular weight excluding hydrogens is 396 g/mol. The minimum atomic E-state index is -0.367. The van der Waals surface area contributed by atoms with Crippen molar-refractivity contribution in [2.24, 2.45) is 0 Å². The summed E-state index contributed by atoms with van der Waals surface area (Å²) in [4.78, 5) is 32.7. The van der Waals surface area contributed by atoms with Crippen LogP contribution in [0.25, 0.3) is 17.3 Å². The third-order valence-electron chi connectivity index (χ3n) is 4.63. The quantitative estimate of drug-likeness (QED) is 0.573. The van der Waals surface area contributed by atoms with Crippen LogP contribution in [-0.4, -0.2) is 21.1 Å². The maximum absolute atomic E-state index is 11.8. The topological polar surface area (TPSA) is 84.0 Å². The number of carbonyl (C=O) groups excluding carboxylic acids is 2. The van der Waals surface area contributed by atoms with Gasteiger partial charge < -0.3 is 5.32 Å². The van der Waals surface area contributed by atoms with Gasteiger partial charge in [0.25, 0.3) is 11.1 Å². The van der Waals surface area contributed by atoms with E-state index in [1.807, 2.05) is 43.3 Å². The lowest BCUT2D eigenvalue weighted by atomic mass is 10.0. The van der Waals surface area contributed by atoms with Crippen LogP contribution < -0.4 is 10.6 Å². The van der Waals surface area contributed by atoms with Gasteiger partial charge in [-0.15, -0.1) is 0 Å². The molecular formula is C23H20N4O2S. The lowest BCUT2D eigenvalue weighted by molar-refractivity contribution is -0.115. The van der Waals surface area contributed by atoms with Gasteiger partial charge in [-0.3, -0.25) is 19.9 Å². The van der Waals surface area contributed by atoms with E-state index in [4.69, 9.17) is 4.98 Å². The van der Waals surface area contributed by atoms with Gasteiger partial charge in [0.05, 0.1) is 23.0 Å². The molecule has 0 radical (unpaired) electrons. The maximum Gasteiger partial charge on any atom is 0.290 e. The number of rotatable bonds is 5. The van der Waals surface area contributed by atoms with Gasteiger partial charge in [-0.2, -0.15) is 0 Å². The number of benzene rings is 2. The second-order valence-electron chi connectivity index (χ2n) is 7.05. The summed E-state index contributed by atoms with van der Waals surface area (Å²) >= 11 is 0.907. The minimum absolute atomic E-state index is 0.0870. The SMILES string of the molecule is Cc1cc(C=C2SC(=O)NC2=O)cc(-c2cncc(NC(C)c3ccccc3)n2)c1. The van der Waals surface area contributed by atoms with E-state index in [9.17, 15) is 9.59 Å². The predicted molar refractivity (Wildman–Crippen MR) is 120 cm³/mol. The van der Waals surface area contributed by atoms with Crippen LogP contribution in [0.5, 0.6) is 0 Å². The van der Waals surface area contributed by atoms with Crippen molar-refractivity contribution in [2.45, 2.75) is 19.9 Å². The van der Waals surface area contributed by atoms with Gasteiger partial charge in [-0.1, -0.05) is 36.4 Å². The van der Waals surface area contributed by atoms with Crippen LogP contribution in [0, 0.1) is 6.92 Å². The van der Waals surface area contributed by atoms with Crippen LogP contribution in [0.4, 0.5) is 10.6 Å².